The summed E-state index contributed by atoms with van der Waals surface area (Å²) in [6, 6.07) is 0.790. The summed E-state index contributed by atoms with van der Waals surface area (Å²) in [6.07, 6.45) is 21.9. The highest BCUT2D eigenvalue weighted by Gasteiger charge is 2.05. The summed E-state index contributed by atoms with van der Waals surface area (Å²) < 4.78 is 0. The Balaban J connectivity index is 2.15. The van der Waals surface area contributed by atoms with Crippen molar-refractivity contribution in [3.05, 3.63) is 0 Å². The van der Waals surface area contributed by atoms with Gasteiger partial charge in [-0.3, -0.25) is 0 Å². The van der Waals surface area contributed by atoms with Gasteiger partial charge in [0.25, 0.3) is 0 Å². The van der Waals surface area contributed by atoms with Crippen molar-refractivity contribution in [1.29, 1.82) is 0 Å². The molecule has 0 atom stereocenters. The second kappa shape index (κ2) is 12.0. The minimum Gasteiger partial charge on any atom is -0.317 e. The lowest BCUT2D eigenvalue weighted by molar-refractivity contribution is 0.430. The van der Waals surface area contributed by atoms with Crippen molar-refractivity contribution in [2.45, 2.75) is 102 Å². The molecule has 0 aromatic rings. The summed E-state index contributed by atoms with van der Waals surface area (Å²) in [5.41, 5.74) is 0. The Morgan fingerprint density at radius 3 is 1.06 bits per heavy atom. The Labute approximate surface area is 115 Å². The lowest BCUT2D eigenvalue weighted by Gasteiger charge is -2.16. The molecular weight excluding hydrogens is 218 g/mol. The summed E-state index contributed by atoms with van der Waals surface area (Å²) in [5.74, 6) is 0. The third-order valence-corrected chi connectivity index (χ3v) is 4.51. The van der Waals surface area contributed by atoms with Gasteiger partial charge in [-0.15, -0.1) is 0 Å². The molecule has 0 saturated heterocycles. The zero-order valence-corrected chi connectivity index (χ0v) is 12.7. The first-order valence-corrected chi connectivity index (χ1v) is 8.61. The molecule has 1 N–H and O–H groups in total. The predicted molar refractivity (Wildman–Crippen MR) is 82.1 cm³/mol. The molecule has 108 valence electrons. The summed E-state index contributed by atoms with van der Waals surface area (Å²) in [4.78, 5) is 0. The van der Waals surface area contributed by atoms with Crippen LogP contribution in [0.2, 0.25) is 0 Å². The Kier molecular flexibility index (Phi) is 10.7. The van der Waals surface area contributed by atoms with E-state index < -0.39 is 0 Å². The monoisotopic (exact) mass is 253 g/mol. The van der Waals surface area contributed by atoms with Crippen molar-refractivity contribution in [2.24, 2.45) is 0 Å². The van der Waals surface area contributed by atoms with Crippen LogP contribution in [-0.2, 0) is 0 Å². The smallest absolute Gasteiger partial charge is 0.00640 e. The molecule has 0 aliphatic heterocycles. The van der Waals surface area contributed by atoms with Crippen molar-refractivity contribution in [1.82, 2.24) is 5.32 Å². The fraction of sp³-hybridized carbons (Fsp3) is 1.00. The van der Waals surface area contributed by atoms with Crippen molar-refractivity contribution in [3.63, 3.8) is 0 Å². The average molecular weight is 253 g/mol. The molecule has 18 heavy (non-hydrogen) atoms. The highest BCUT2D eigenvalue weighted by Crippen LogP contribution is 2.16. The highest BCUT2D eigenvalue weighted by molar-refractivity contribution is 4.65. The second-order valence-electron chi connectivity index (χ2n) is 6.16. The maximum Gasteiger partial charge on any atom is 0.00640 e. The van der Waals surface area contributed by atoms with Crippen LogP contribution in [0.25, 0.3) is 0 Å². The first-order chi connectivity index (χ1) is 8.93. The van der Waals surface area contributed by atoms with Gasteiger partial charge in [-0.05, 0) is 19.9 Å². The van der Waals surface area contributed by atoms with E-state index in [9.17, 15) is 0 Å². The summed E-state index contributed by atoms with van der Waals surface area (Å²) in [5, 5.41) is 3.51. The molecule has 1 saturated carbocycles. The van der Waals surface area contributed by atoms with Crippen molar-refractivity contribution in [2.75, 3.05) is 7.05 Å². The van der Waals surface area contributed by atoms with E-state index in [1.165, 1.54) is 96.3 Å². The van der Waals surface area contributed by atoms with Crippen LogP contribution in [0.1, 0.15) is 96.3 Å². The molecular formula is C17H35N. The van der Waals surface area contributed by atoms with Gasteiger partial charge in [0.2, 0.25) is 0 Å². The molecule has 1 heteroatoms. The van der Waals surface area contributed by atoms with E-state index in [-0.39, 0.29) is 0 Å². The molecule has 0 radical (unpaired) electrons. The first-order valence-electron chi connectivity index (χ1n) is 8.61. The largest absolute Gasteiger partial charge is 0.317 e. The molecule has 1 aliphatic carbocycles. The Hall–Kier alpha value is -0.0400. The number of hydrogen-bond donors (Lipinski definition) is 1. The van der Waals surface area contributed by atoms with E-state index in [2.05, 4.69) is 12.4 Å². The maximum atomic E-state index is 3.51. The van der Waals surface area contributed by atoms with Gasteiger partial charge in [0.05, 0.1) is 0 Å². The molecule has 1 rings (SSSR count). The highest BCUT2D eigenvalue weighted by atomic mass is 14.9. The Morgan fingerprint density at radius 1 is 0.500 bits per heavy atom. The van der Waals surface area contributed by atoms with E-state index in [0.717, 1.165) is 6.04 Å². The van der Waals surface area contributed by atoms with Crippen LogP contribution < -0.4 is 5.32 Å². The molecule has 0 unspecified atom stereocenters. The van der Waals surface area contributed by atoms with Gasteiger partial charge in [0, 0.05) is 6.04 Å². The Bertz CT molecular complexity index is 151. The van der Waals surface area contributed by atoms with Crippen molar-refractivity contribution >= 4 is 0 Å². The van der Waals surface area contributed by atoms with Crippen LogP contribution in [0.5, 0.6) is 0 Å². The first kappa shape index (κ1) is 16.0. The van der Waals surface area contributed by atoms with Gasteiger partial charge in [-0.25, -0.2) is 0 Å². The molecule has 0 amide bonds. The summed E-state index contributed by atoms with van der Waals surface area (Å²) in [6.45, 7) is 0. The molecule has 1 aliphatic rings. The Morgan fingerprint density at radius 2 is 0.778 bits per heavy atom. The van der Waals surface area contributed by atoms with Gasteiger partial charge < -0.3 is 5.32 Å². The average Bonchev–Trinajstić information content (AvgIpc) is 2.39. The van der Waals surface area contributed by atoms with E-state index in [1.807, 2.05) is 0 Å². The van der Waals surface area contributed by atoms with Crippen LogP contribution >= 0.6 is 0 Å². The molecule has 0 aromatic heterocycles. The molecule has 0 bridgehead atoms. The van der Waals surface area contributed by atoms with Crippen LogP contribution in [0.3, 0.4) is 0 Å². The van der Waals surface area contributed by atoms with Crippen LogP contribution in [0.15, 0.2) is 0 Å². The summed E-state index contributed by atoms with van der Waals surface area (Å²) in [7, 11) is 2.14. The second-order valence-corrected chi connectivity index (χ2v) is 6.16. The molecule has 1 fully saturated rings. The standard InChI is InChI=1S/C17H35N/c1-18-17-15-13-11-9-7-5-3-2-4-6-8-10-12-14-16-17/h17-18H,2-16H2,1H3. The lowest BCUT2D eigenvalue weighted by Crippen LogP contribution is -2.24. The lowest BCUT2D eigenvalue weighted by atomic mass is 9.99. The van der Waals surface area contributed by atoms with Gasteiger partial charge >= 0.3 is 0 Å². The quantitative estimate of drug-likeness (QED) is 0.656. The van der Waals surface area contributed by atoms with E-state index >= 15 is 0 Å². The molecule has 0 aromatic carbocycles. The summed E-state index contributed by atoms with van der Waals surface area (Å²) >= 11 is 0. The SMILES string of the molecule is CNC1CCCCCCCCCCCCCCC1. The van der Waals surface area contributed by atoms with Crippen molar-refractivity contribution < 1.29 is 0 Å². The molecule has 1 nitrogen and oxygen atoms in total. The minimum atomic E-state index is 0.790. The van der Waals surface area contributed by atoms with Gasteiger partial charge in [-0.1, -0.05) is 83.5 Å². The zero-order valence-electron chi connectivity index (χ0n) is 12.7. The van der Waals surface area contributed by atoms with E-state index in [1.54, 1.807) is 0 Å². The van der Waals surface area contributed by atoms with Crippen molar-refractivity contribution in [3.8, 4) is 0 Å². The number of nitrogens with one attached hydrogen (secondary N) is 1. The third kappa shape index (κ3) is 8.97. The fourth-order valence-corrected chi connectivity index (χ4v) is 3.16. The third-order valence-electron chi connectivity index (χ3n) is 4.51. The number of rotatable bonds is 1. The maximum absolute atomic E-state index is 3.51. The van der Waals surface area contributed by atoms with Gasteiger partial charge in [-0.2, -0.15) is 0 Å². The van der Waals surface area contributed by atoms with Crippen LogP contribution in [0.4, 0.5) is 0 Å². The zero-order chi connectivity index (χ0) is 12.9. The normalized spacial score (nSPS) is 23.8. The predicted octanol–water partition coefficient (Wildman–Crippen LogP) is 5.44. The van der Waals surface area contributed by atoms with Crippen LogP contribution in [-0.4, -0.2) is 13.1 Å². The topological polar surface area (TPSA) is 12.0 Å². The minimum absolute atomic E-state index is 0.790. The van der Waals surface area contributed by atoms with E-state index in [0.29, 0.717) is 0 Å². The van der Waals surface area contributed by atoms with Gasteiger partial charge in [0.15, 0.2) is 0 Å². The van der Waals surface area contributed by atoms with Gasteiger partial charge in [0.1, 0.15) is 0 Å². The molecule has 0 spiro atoms. The fourth-order valence-electron chi connectivity index (χ4n) is 3.16. The van der Waals surface area contributed by atoms with E-state index in [4.69, 9.17) is 0 Å². The van der Waals surface area contributed by atoms with Crippen LogP contribution in [0, 0.1) is 0 Å². The molecule has 0 heterocycles. The number of hydrogen-bond acceptors (Lipinski definition) is 1.